The molecule has 2 aromatic heterocycles. The highest BCUT2D eigenvalue weighted by Gasteiger charge is 2.22. The molecule has 5 rings (SSSR count). The molecule has 4 heterocycles. The predicted octanol–water partition coefficient (Wildman–Crippen LogP) is 5.47. The Labute approximate surface area is 244 Å². The van der Waals surface area contributed by atoms with Gasteiger partial charge in [-0.1, -0.05) is 23.2 Å². The number of nitrogens with one attached hydrogen (secondary N) is 1. The molecular weight excluding hydrogens is 551 g/mol. The highest BCUT2D eigenvalue weighted by atomic mass is 35.5. The maximum atomic E-state index is 11.2. The van der Waals surface area contributed by atoms with Crippen LogP contribution in [0, 0.1) is 5.92 Å². The molecule has 2 fully saturated rings. The summed E-state index contributed by atoms with van der Waals surface area (Å²) in [5, 5.41) is 13.6. The van der Waals surface area contributed by atoms with Gasteiger partial charge in [0.1, 0.15) is 11.6 Å². The van der Waals surface area contributed by atoms with Gasteiger partial charge in [0.15, 0.2) is 0 Å². The van der Waals surface area contributed by atoms with Crippen LogP contribution in [0.4, 0.5) is 10.6 Å². The summed E-state index contributed by atoms with van der Waals surface area (Å²) in [6.45, 7) is 6.83. The molecule has 0 saturated carbocycles. The Kier molecular flexibility index (Phi) is 9.26. The molecule has 2 N–H and O–H groups in total. The van der Waals surface area contributed by atoms with Gasteiger partial charge in [-0.2, -0.15) is 0 Å². The molecule has 2 aliphatic heterocycles. The van der Waals surface area contributed by atoms with Gasteiger partial charge in [-0.3, -0.25) is 4.90 Å². The second-order valence-corrected chi connectivity index (χ2v) is 11.3. The molecule has 0 aliphatic carbocycles. The van der Waals surface area contributed by atoms with Gasteiger partial charge >= 0.3 is 6.09 Å². The maximum Gasteiger partial charge on any atom is 0.407 e. The van der Waals surface area contributed by atoms with E-state index in [4.69, 9.17) is 32.9 Å². The number of anilines is 1. The Bertz CT molecular complexity index is 1290. The van der Waals surface area contributed by atoms with Gasteiger partial charge in [-0.05, 0) is 73.8 Å². The number of carbonyl (C=O) groups is 1. The van der Waals surface area contributed by atoms with Crippen LogP contribution < -0.4 is 15.0 Å². The zero-order valence-electron chi connectivity index (χ0n) is 22.5. The normalized spacial score (nSPS) is 16.6. The number of ether oxygens (including phenoxy) is 1. The van der Waals surface area contributed by atoms with Crippen molar-refractivity contribution in [3.05, 3.63) is 64.3 Å². The van der Waals surface area contributed by atoms with E-state index >= 15 is 0 Å². The number of halogens is 2. The molecule has 0 spiro atoms. The monoisotopic (exact) mass is 584 g/mol. The third kappa shape index (κ3) is 7.54. The first kappa shape index (κ1) is 28.4. The van der Waals surface area contributed by atoms with Crippen molar-refractivity contribution < 1.29 is 14.6 Å². The highest BCUT2D eigenvalue weighted by molar-refractivity contribution is 6.35. The molecule has 2 aliphatic rings. The zero-order chi connectivity index (χ0) is 28.1. The Morgan fingerprint density at radius 2 is 1.80 bits per heavy atom. The van der Waals surface area contributed by atoms with Crippen molar-refractivity contribution in [3.63, 3.8) is 0 Å². The lowest BCUT2D eigenvalue weighted by atomic mass is 9.96. The standard InChI is InChI=1S/C29H34Cl2N6O3/c1-35(29(38)39)18-20-4-8-36(9-5-20)19-21-12-26(22-14-23(30)16-24(31)15-22)34-28(13-21)40-25-2-3-27(33-17-25)37-10-6-32-7-11-37/h2-3,12-17,20,32H,4-11,18-19H2,1H3,(H,38,39). The fourth-order valence-electron chi connectivity index (χ4n) is 5.24. The van der Waals surface area contributed by atoms with Crippen molar-refractivity contribution in [1.29, 1.82) is 0 Å². The van der Waals surface area contributed by atoms with E-state index in [0.29, 0.717) is 34.1 Å². The van der Waals surface area contributed by atoms with E-state index in [1.54, 1.807) is 19.3 Å². The number of hydrogen-bond acceptors (Lipinski definition) is 7. The highest BCUT2D eigenvalue weighted by Crippen LogP contribution is 2.31. The van der Waals surface area contributed by atoms with Crippen molar-refractivity contribution in [1.82, 2.24) is 25.1 Å². The topological polar surface area (TPSA) is 94.1 Å². The summed E-state index contributed by atoms with van der Waals surface area (Å²) in [6, 6.07) is 13.3. The zero-order valence-corrected chi connectivity index (χ0v) is 24.0. The third-order valence-corrected chi connectivity index (χ3v) is 7.81. The summed E-state index contributed by atoms with van der Waals surface area (Å²) in [5.74, 6) is 2.39. The molecule has 212 valence electrons. The van der Waals surface area contributed by atoms with Crippen LogP contribution in [-0.4, -0.2) is 83.8 Å². The van der Waals surface area contributed by atoms with Crippen molar-refractivity contribution in [2.24, 2.45) is 5.92 Å². The van der Waals surface area contributed by atoms with Crippen LogP contribution in [0.15, 0.2) is 48.7 Å². The van der Waals surface area contributed by atoms with Crippen molar-refractivity contribution >= 4 is 35.1 Å². The SMILES string of the molecule is CN(CC1CCN(Cc2cc(Oc3ccc(N4CCNCC4)nc3)nc(-c3cc(Cl)cc(Cl)c3)c2)CC1)C(=O)O. The van der Waals surface area contributed by atoms with Crippen molar-refractivity contribution in [2.45, 2.75) is 19.4 Å². The van der Waals surface area contributed by atoms with Gasteiger partial charge in [0.2, 0.25) is 5.88 Å². The molecular formula is C29H34Cl2N6O3. The number of likely N-dealkylation sites (tertiary alicyclic amines) is 1. The second-order valence-electron chi connectivity index (χ2n) is 10.4. The van der Waals surface area contributed by atoms with E-state index in [9.17, 15) is 9.90 Å². The number of hydrogen-bond donors (Lipinski definition) is 2. The van der Waals surface area contributed by atoms with Crippen molar-refractivity contribution in [3.8, 4) is 22.9 Å². The number of nitrogens with zero attached hydrogens (tertiary/aromatic N) is 5. The van der Waals surface area contributed by atoms with Gasteiger partial charge in [0.05, 0.1) is 11.9 Å². The van der Waals surface area contributed by atoms with E-state index < -0.39 is 6.09 Å². The summed E-state index contributed by atoms with van der Waals surface area (Å²) < 4.78 is 6.21. The number of piperidine rings is 1. The van der Waals surface area contributed by atoms with Gasteiger partial charge in [0.25, 0.3) is 0 Å². The van der Waals surface area contributed by atoms with Gasteiger partial charge in [-0.25, -0.2) is 14.8 Å². The lowest BCUT2D eigenvalue weighted by Gasteiger charge is -2.33. The lowest BCUT2D eigenvalue weighted by Crippen LogP contribution is -2.43. The summed E-state index contributed by atoms with van der Waals surface area (Å²) >= 11 is 12.6. The number of amides is 1. The van der Waals surface area contributed by atoms with Crippen LogP contribution in [-0.2, 0) is 6.54 Å². The third-order valence-electron chi connectivity index (χ3n) is 7.38. The molecule has 0 radical (unpaired) electrons. The Morgan fingerprint density at radius 3 is 2.45 bits per heavy atom. The van der Waals surface area contributed by atoms with Crippen LogP contribution in [0.1, 0.15) is 18.4 Å². The molecule has 0 unspecified atom stereocenters. The number of rotatable bonds is 8. The molecule has 11 heteroatoms. The minimum atomic E-state index is -0.881. The number of carboxylic acid groups (broad SMARTS) is 1. The molecule has 3 aromatic rings. The van der Waals surface area contributed by atoms with Gasteiger partial charge in [0, 0.05) is 68.0 Å². The number of piperazine rings is 1. The molecule has 1 aromatic carbocycles. The minimum Gasteiger partial charge on any atom is -0.465 e. The molecule has 40 heavy (non-hydrogen) atoms. The minimum absolute atomic E-state index is 0.370. The molecule has 0 bridgehead atoms. The van der Waals surface area contributed by atoms with E-state index in [1.807, 2.05) is 36.4 Å². The summed E-state index contributed by atoms with van der Waals surface area (Å²) in [7, 11) is 1.63. The maximum absolute atomic E-state index is 11.2. The largest absolute Gasteiger partial charge is 0.465 e. The Balaban J connectivity index is 1.33. The first-order valence-corrected chi connectivity index (χ1v) is 14.3. The fraction of sp³-hybridized carbons (Fsp3) is 0.414. The quantitative estimate of drug-likeness (QED) is 0.360. The second kappa shape index (κ2) is 13.0. The van der Waals surface area contributed by atoms with E-state index in [1.165, 1.54) is 4.90 Å². The molecule has 2 saturated heterocycles. The van der Waals surface area contributed by atoms with E-state index in [0.717, 1.165) is 81.3 Å². The van der Waals surface area contributed by atoms with Crippen LogP contribution >= 0.6 is 23.2 Å². The van der Waals surface area contributed by atoms with Crippen LogP contribution in [0.25, 0.3) is 11.3 Å². The van der Waals surface area contributed by atoms with Gasteiger partial charge < -0.3 is 25.0 Å². The smallest absolute Gasteiger partial charge is 0.407 e. The molecule has 9 nitrogen and oxygen atoms in total. The van der Waals surface area contributed by atoms with E-state index in [2.05, 4.69) is 20.1 Å². The lowest BCUT2D eigenvalue weighted by molar-refractivity contribution is 0.126. The average molecular weight is 586 g/mol. The average Bonchev–Trinajstić information content (AvgIpc) is 2.94. The summed E-state index contributed by atoms with van der Waals surface area (Å²) in [6.07, 6.45) is 2.76. The first-order valence-electron chi connectivity index (χ1n) is 13.6. The molecule has 0 atom stereocenters. The number of aromatic nitrogens is 2. The Hall–Kier alpha value is -3.11. The van der Waals surface area contributed by atoms with Crippen molar-refractivity contribution in [2.75, 3.05) is 57.8 Å². The summed E-state index contributed by atoms with van der Waals surface area (Å²) in [4.78, 5) is 26.6. The summed E-state index contributed by atoms with van der Waals surface area (Å²) in [5.41, 5.74) is 2.59. The first-order chi connectivity index (χ1) is 19.3. The van der Waals surface area contributed by atoms with E-state index in [-0.39, 0.29) is 0 Å². The number of pyridine rings is 2. The number of benzene rings is 1. The Morgan fingerprint density at radius 1 is 1.07 bits per heavy atom. The van der Waals surface area contributed by atoms with Gasteiger partial charge in [-0.15, -0.1) is 0 Å². The van der Waals surface area contributed by atoms with Crippen LogP contribution in [0.2, 0.25) is 10.0 Å². The predicted molar refractivity (Wildman–Crippen MR) is 158 cm³/mol. The van der Waals surface area contributed by atoms with Crippen LogP contribution in [0.5, 0.6) is 11.6 Å². The fourth-order valence-corrected chi connectivity index (χ4v) is 5.76. The van der Waals surface area contributed by atoms with Crippen LogP contribution in [0.3, 0.4) is 0 Å². The molecule has 1 amide bonds.